The number of hydrogen-bond donors (Lipinski definition) is 0. The van der Waals surface area contributed by atoms with Crippen molar-refractivity contribution in [1.29, 1.82) is 0 Å². The first-order valence-corrected chi connectivity index (χ1v) is 7.64. The number of carbonyl (C=O) groups excluding carboxylic acids is 2. The smallest absolute Gasteiger partial charge is 0.248 e. The molecule has 6 heteroatoms. The lowest BCUT2D eigenvalue weighted by Gasteiger charge is -2.44. The Morgan fingerprint density at radius 1 is 1.24 bits per heavy atom. The second-order valence-corrected chi connectivity index (χ2v) is 6.55. The van der Waals surface area contributed by atoms with Gasteiger partial charge in [-0.2, -0.15) is 0 Å². The predicted molar refractivity (Wildman–Crippen MR) is 77.8 cm³/mol. The maximum absolute atomic E-state index is 12.2. The van der Waals surface area contributed by atoms with Crippen molar-refractivity contribution in [2.45, 2.75) is 39.3 Å². The summed E-state index contributed by atoms with van der Waals surface area (Å²) in [7, 11) is 0. The largest absolute Gasteiger partial charge is 0.368 e. The van der Waals surface area contributed by atoms with Gasteiger partial charge in [0.2, 0.25) is 11.8 Å². The van der Waals surface area contributed by atoms with E-state index in [0.29, 0.717) is 32.8 Å². The van der Waals surface area contributed by atoms with Gasteiger partial charge in [-0.25, -0.2) is 0 Å². The van der Waals surface area contributed by atoms with E-state index in [1.807, 2.05) is 32.6 Å². The van der Waals surface area contributed by atoms with Gasteiger partial charge in [0.15, 0.2) is 0 Å². The van der Waals surface area contributed by atoms with Crippen LogP contribution in [0, 0.1) is 5.92 Å². The fourth-order valence-electron chi connectivity index (χ4n) is 2.90. The van der Waals surface area contributed by atoms with Crippen LogP contribution >= 0.6 is 0 Å². The third-order valence-electron chi connectivity index (χ3n) is 4.05. The van der Waals surface area contributed by atoms with E-state index >= 15 is 0 Å². The van der Waals surface area contributed by atoms with Gasteiger partial charge in [0.25, 0.3) is 0 Å². The molecule has 0 bridgehead atoms. The predicted octanol–water partition coefficient (Wildman–Crippen LogP) is 0.507. The standard InChI is InChI=1S/C15H26N2O4/c1-11(2)14(19)16-5-6-21-15(8-16)9-17(12(3)4)13(18)7-20-10-15/h11-12H,5-10H2,1-4H3. The molecule has 0 N–H and O–H groups in total. The van der Waals surface area contributed by atoms with Crippen molar-refractivity contribution < 1.29 is 19.1 Å². The number of carbonyl (C=O) groups is 2. The molecular weight excluding hydrogens is 272 g/mol. The quantitative estimate of drug-likeness (QED) is 0.745. The Balaban J connectivity index is 2.15. The van der Waals surface area contributed by atoms with Crippen molar-refractivity contribution >= 4 is 11.8 Å². The fraction of sp³-hybridized carbons (Fsp3) is 0.867. The van der Waals surface area contributed by atoms with Gasteiger partial charge in [0.05, 0.1) is 26.3 Å². The summed E-state index contributed by atoms with van der Waals surface area (Å²) in [5.41, 5.74) is -0.598. The second-order valence-electron chi connectivity index (χ2n) is 6.55. The Labute approximate surface area is 126 Å². The van der Waals surface area contributed by atoms with Crippen molar-refractivity contribution in [1.82, 2.24) is 9.80 Å². The number of morpholine rings is 1. The number of hydrogen-bond acceptors (Lipinski definition) is 4. The van der Waals surface area contributed by atoms with E-state index < -0.39 is 5.60 Å². The van der Waals surface area contributed by atoms with Crippen LogP contribution in [0.15, 0.2) is 0 Å². The summed E-state index contributed by atoms with van der Waals surface area (Å²) < 4.78 is 11.5. The van der Waals surface area contributed by atoms with E-state index in [9.17, 15) is 9.59 Å². The lowest BCUT2D eigenvalue weighted by atomic mass is 10.00. The highest BCUT2D eigenvalue weighted by Gasteiger charge is 2.43. The Bertz CT molecular complexity index is 410. The first kappa shape index (κ1) is 16.2. The van der Waals surface area contributed by atoms with E-state index in [1.54, 1.807) is 4.90 Å². The summed E-state index contributed by atoms with van der Waals surface area (Å²) in [4.78, 5) is 27.9. The van der Waals surface area contributed by atoms with E-state index in [2.05, 4.69) is 0 Å². The van der Waals surface area contributed by atoms with Crippen LogP contribution in [0.5, 0.6) is 0 Å². The molecule has 0 aliphatic carbocycles. The highest BCUT2D eigenvalue weighted by Crippen LogP contribution is 2.25. The molecule has 120 valence electrons. The lowest BCUT2D eigenvalue weighted by Crippen LogP contribution is -2.61. The Hall–Kier alpha value is -1.14. The normalized spacial score (nSPS) is 27.6. The fourth-order valence-corrected chi connectivity index (χ4v) is 2.90. The molecule has 0 aromatic rings. The van der Waals surface area contributed by atoms with E-state index in [0.717, 1.165) is 0 Å². The summed E-state index contributed by atoms with van der Waals surface area (Å²) in [6.45, 7) is 10.3. The zero-order valence-electron chi connectivity index (χ0n) is 13.4. The summed E-state index contributed by atoms with van der Waals surface area (Å²) in [5, 5.41) is 0. The summed E-state index contributed by atoms with van der Waals surface area (Å²) in [5.74, 6) is 0.0804. The molecule has 2 aliphatic heterocycles. The highest BCUT2D eigenvalue weighted by atomic mass is 16.5. The first-order chi connectivity index (χ1) is 9.84. The summed E-state index contributed by atoms with van der Waals surface area (Å²) in [6.07, 6.45) is 0. The van der Waals surface area contributed by atoms with Crippen LogP contribution in [0.4, 0.5) is 0 Å². The van der Waals surface area contributed by atoms with Crippen molar-refractivity contribution in [3.63, 3.8) is 0 Å². The minimum absolute atomic E-state index is 0.0159. The Kier molecular flexibility index (Phi) is 4.88. The molecule has 2 amide bonds. The van der Waals surface area contributed by atoms with Gasteiger partial charge < -0.3 is 19.3 Å². The third kappa shape index (κ3) is 3.55. The highest BCUT2D eigenvalue weighted by molar-refractivity contribution is 5.79. The van der Waals surface area contributed by atoms with Crippen LogP contribution in [0.1, 0.15) is 27.7 Å². The third-order valence-corrected chi connectivity index (χ3v) is 4.05. The molecule has 1 unspecified atom stereocenters. The van der Waals surface area contributed by atoms with Gasteiger partial charge in [-0.05, 0) is 13.8 Å². The first-order valence-electron chi connectivity index (χ1n) is 7.64. The molecule has 0 radical (unpaired) electrons. The van der Waals surface area contributed by atoms with Crippen LogP contribution in [-0.2, 0) is 19.1 Å². The minimum Gasteiger partial charge on any atom is -0.368 e. The molecular formula is C15H26N2O4. The molecule has 6 nitrogen and oxygen atoms in total. The number of amides is 2. The monoisotopic (exact) mass is 298 g/mol. The maximum atomic E-state index is 12.2. The van der Waals surface area contributed by atoms with Crippen molar-refractivity contribution in [3.8, 4) is 0 Å². The molecule has 2 rings (SSSR count). The van der Waals surface area contributed by atoms with Crippen molar-refractivity contribution in [2.24, 2.45) is 5.92 Å². The SMILES string of the molecule is CC(C)C(=O)N1CCOC2(COCC(=O)N(C(C)C)C2)C1. The number of rotatable bonds is 2. The molecule has 2 heterocycles. The maximum Gasteiger partial charge on any atom is 0.248 e. The van der Waals surface area contributed by atoms with E-state index in [1.165, 1.54) is 0 Å². The Morgan fingerprint density at radius 3 is 2.57 bits per heavy atom. The summed E-state index contributed by atoms with van der Waals surface area (Å²) >= 11 is 0. The van der Waals surface area contributed by atoms with E-state index in [4.69, 9.17) is 9.47 Å². The molecule has 2 fully saturated rings. The van der Waals surface area contributed by atoms with Crippen LogP contribution in [0.25, 0.3) is 0 Å². The average molecular weight is 298 g/mol. The second kappa shape index (κ2) is 6.32. The summed E-state index contributed by atoms with van der Waals surface area (Å²) in [6, 6.07) is 0.0934. The molecule has 21 heavy (non-hydrogen) atoms. The topological polar surface area (TPSA) is 59.1 Å². The zero-order valence-corrected chi connectivity index (χ0v) is 13.4. The van der Waals surface area contributed by atoms with Gasteiger partial charge >= 0.3 is 0 Å². The minimum atomic E-state index is -0.598. The molecule has 1 atom stereocenters. The van der Waals surface area contributed by atoms with Gasteiger partial charge in [-0.15, -0.1) is 0 Å². The lowest BCUT2D eigenvalue weighted by molar-refractivity contribution is -0.164. The number of nitrogens with zero attached hydrogens (tertiary/aromatic N) is 2. The molecule has 0 saturated carbocycles. The van der Waals surface area contributed by atoms with Crippen molar-refractivity contribution in [3.05, 3.63) is 0 Å². The Morgan fingerprint density at radius 2 is 1.95 bits per heavy atom. The molecule has 1 spiro atoms. The van der Waals surface area contributed by atoms with Gasteiger partial charge in [-0.1, -0.05) is 13.8 Å². The average Bonchev–Trinajstić information content (AvgIpc) is 2.58. The van der Waals surface area contributed by atoms with Crippen molar-refractivity contribution in [2.75, 3.05) is 39.5 Å². The molecule has 0 aromatic carbocycles. The van der Waals surface area contributed by atoms with Crippen LogP contribution in [-0.4, -0.2) is 72.7 Å². The van der Waals surface area contributed by atoms with Gasteiger partial charge in [0.1, 0.15) is 12.2 Å². The zero-order chi connectivity index (χ0) is 15.6. The molecule has 0 aromatic heterocycles. The number of ether oxygens (including phenoxy) is 2. The van der Waals surface area contributed by atoms with Crippen LogP contribution in [0.3, 0.4) is 0 Å². The molecule has 2 saturated heterocycles. The van der Waals surface area contributed by atoms with E-state index in [-0.39, 0.29) is 30.4 Å². The van der Waals surface area contributed by atoms with Crippen LogP contribution in [0.2, 0.25) is 0 Å². The van der Waals surface area contributed by atoms with Crippen LogP contribution < -0.4 is 0 Å². The molecule has 2 aliphatic rings. The van der Waals surface area contributed by atoms with Gasteiger partial charge in [-0.3, -0.25) is 9.59 Å². The van der Waals surface area contributed by atoms with Gasteiger partial charge in [0, 0.05) is 18.5 Å².